The molecule has 56 valence electrons. The van der Waals surface area contributed by atoms with Crippen LogP contribution in [0.15, 0.2) is 6.20 Å². The molecule has 1 aromatic heterocycles. The summed E-state index contributed by atoms with van der Waals surface area (Å²) in [6.07, 6.45) is 1.76. The number of aromatic nitrogens is 3. The van der Waals surface area contributed by atoms with E-state index in [0.29, 0.717) is 0 Å². The molecule has 0 N–H and O–H groups in total. The highest BCUT2D eigenvalue weighted by molar-refractivity contribution is 14.1. The van der Waals surface area contributed by atoms with Crippen molar-refractivity contribution in [2.45, 2.75) is 26.3 Å². The minimum Gasteiger partial charge on any atom is -0.234 e. The molecule has 1 rings (SSSR count). The fourth-order valence-corrected chi connectivity index (χ4v) is 1.62. The maximum atomic E-state index is 3.95. The molecular weight excluding hydrogens is 241 g/mol. The van der Waals surface area contributed by atoms with E-state index in [1.807, 2.05) is 4.68 Å². The molecule has 0 aromatic carbocycles. The van der Waals surface area contributed by atoms with Crippen molar-refractivity contribution in [1.82, 2.24) is 15.0 Å². The third kappa shape index (κ3) is 1.47. The minimum absolute atomic E-state index is 0.0486. The van der Waals surface area contributed by atoms with Gasteiger partial charge in [0.1, 0.15) is 3.70 Å². The van der Waals surface area contributed by atoms with E-state index in [0.717, 1.165) is 3.70 Å². The summed E-state index contributed by atoms with van der Waals surface area (Å²) in [7, 11) is 0. The lowest BCUT2D eigenvalue weighted by Gasteiger charge is -2.18. The lowest BCUT2D eigenvalue weighted by Crippen LogP contribution is -2.24. The lowest BCUT2D eigenvalue weighted by molar-refractivity contribution is 0.339. The largest absolute Gasteiger partial charge is 0.234 e. The zero-order chi connectivity index (χ0) is 7.78. The van der Waals surface area contributed by atoms with E-state index in [1.54, 1.807) is 6.20 Å². The van der Waals surface area contributed by atoms with Crippen LogP contribution in [0.3, 0.4) is 0 Å². The predicted molar refractivity (Wildman–Crippen MR) is 47.7 cm³/mol. The van der Waals surface area contributed by atoms with Gasteiger partial charge in [-0.15, -0.1) is 5.10 Å². The van der Waals surface area contributed by atoms with Crippen LogP contribution in [0.1, 0.15) is 20.8 Å². The summed E-state index contributed by atoms with van der Waals surface area (Å²) in [5.41, 5.74) is 0.0486. The van der Waals surface area contributed by atoms with Crippen molar-refractivity contribution in [3.63, 3.8) is 0 Å². The molecule has 1 aromatic rings. The Hall–Kier alpha value is -0.130. The Kier molecular flexibility index (Phi) is 1.98. The van der Waals surface area contributed by atoms with Gasteiger partial charge in [-0.1, -0.05) is 5.21 Å². The van der Waals surface area contributed by atoms with Gasteiger partial charge in [-0.25, -0.2) is 4.68 Å². The van der Waals surface area contributed by atoms with Crippen LogP contribution >= 0.6 is 22.6 Å². The molecule has 0 saturated heterocycles. The standard InChI is InChI=1S/C6H10IN3/c1-6(2,3)10-5(7)4-8-9-10/h4H,1-3H3. The zero-order valence-corrected chi connectivity index (χ0v) is 8.45. The summed E-state index contributed by atoms with van der Waals surface area (Å²) >= 11 is 2.22. The average Bonchev–Trinajstić information content (AvgIpc) is 2.11. The summed E-state index contributed by atoms with van der Waals surface area (Å²) in [4.78, 5) is 0. The zero-order valence-electron chi connectivity index (χ0n) is 6.30. The van der Waals surface area contributed by atoms with E-state index >= 15 is 0 Å². The van der Waals surface area contributed by atoms with Crippen molar-refractivity contribution in [1.29, 1.82) is 0 Å². The quantitative estimate of drug-likeness (QED) is 0.656. The van der Waals surface area contributed by atoms with Gasteiger partial charge in [0.05, 0.1) is 11.7 Å². The topological polar surface area (TPSA) is 30.7 Å². The van der Waals surface area contributed by atoms with Crippen LogP contribution in [0.2, 0.25) is 0 Å². The fraction of sp³-hybridized carbons (Fsp3) is 0.667. The molecule has 0 aliphatic rings. The summed E-state index contributed by atoms with van der Waals surface area (Å²) in [5, 5.41) is 7.74. The number of hydrogen-bond donors (Lipinski definition) is 0. The van der Waals surface area contributed by atoms with Crippen molar-refractivity contribution in [2.75, 3.05) is 0 Å². The molecule has 0 fully saturated rings. The number of rotatable bonds is 0. The van der Waals surface area contributed by atoms with Crippen molar-refractivity contribution >= 4 is 22.6 Å². The van der Waals surface area contributed by atoms with Gasteiger partial charge in [-0.05, 0) is 43.4 Å². The first-order valence-electron chi connectivity index (χ1n) is 3.08. The molecule has 0 amide bonds. The van der Waals surface area contributed by atoms with Crippen LogP contribution in [0, 0.1) is 3.70 Å². The molecule has 0 saturated carbocycles. The van der Waals surface area contributed by atoms with Crippen LogP contribution < -0.4 is 0 Å². The Labute approximate surface area is 73.9 Å². The lowest BCUT2D eigenvalue weighted by atomic mass is 10.1. The Balaban J connectivity index is 3.05. The first-order chi connectivity index (χ1) is 4.52. The van der Waals surface area contributed by atoms with Crippen molar-refractivity contribution in [3.8, 4) is 0 Å². The third-order valence-electron chi connectivity index (χ3n) is 1.14. The second kappa shape index (κ2) is 2.48. The number of nitrogens with zero attached hydrogens (tertiary/aromatic N) is 3. The van der Waals surface area contributed by atoms with Gasteiger partial charge < -0.3 is 0 Å². The second-order valence-electron chi connectivity index (χ2n) is 3.14. The molecule has 0 bridgehead atoms. The minimum atomic E-state index is 0.0486. The summed E-state index contributed by atoms with van der Waals surface area (Å²) in [6.45, 7) is 6.30. The van der Waals surface area contributed by atoms with Gasteiger partial charge in [0, 0.05) is 0 Å². The van der Waals surface area contributed by atoms with E-state index in [-0.39, 0.29) is 5.54 Å². The SMILES string of the molecule is CC(C)(C)n1nncc1I. The van der Waals surface area contributed by atoms with Gasteiger partial charge in [-0.2, -0.15) is 0 Å². The highest BCUT2D eigenvalue weighted by Crippen LogP contribution is 2.15. The third-order valence-corrected chi connectivity index (χ3v) is 1.88. The summed E-state index contributed by atoms with van der Waals surface area (Å²) < 4.78 is 2.97. The molecule has 0 radical (unpaired) electrons. The fourth-order valence-electron chi connectivity index (χ4n) is 0.677. The van der Waals surface area contributed by atoms with Crippen LogP contribution in [-0.4, -0.2) is 15.0 Å². The van der Waals surface area contributed by atoms with Crippen LogP contribution in [0.4, 0.5) is 0 Å². The first kappa shape index (κ1) is 7.97. The molecule has 10 heavy (non-hydrogen) atoms. The molecule has 0 spiro atoms. The Morgan fingerprint density at radius 3 is 2.30 bits per heavy atom. The van der Waals surface area contributed by atoms with Crippen molar-refractivity contribution in [3.05, 3.63) is 9.90 Å². The second-order valence-corrected chi connectivity index (χ2v) is 4.24. The molecule has 3 nitrogen and oxygen atoms in total. The Bertz CT molecular complexity index is 223. The van der Waals surface area contributed by atoms with Gasteiger partial charge >= 0.3 is 0 Å². The van der Waals surface area contributed by atoms with E-state index < -0.39 is 0 Å². The molecule has 4 heteroatoms. The highest BCUT2D eigenvalue weighted by Gasteiger charge is 2.16. The normalized spacial score (nSPS) is 12.0. The molecule has 0 aliphatic heterocycles. The van der Waals surface area contributed by atoms with Crippen LogP contribution in [0.25, 0.3) is 0 Å². The smallest absolute Gasteiger partial charge is 0.120 e. The molecule has 0 atom stereocenters. The van der Waals surface area contributed by atoms with Gasteiger partial charge in [-0.3, -0.25) is 0 Å². The molecule has 1 heterocycles. The predicted octanol–water partition coefficient (Wildman–Crippen LogP) is 1.64. The van der Waals surface area contributed by atoms with E-state index in [2.05, 4.69) is 53.7 Å². The molecular formula is C6H10IN3. The maximum Gasteiger partial charge on any atom is 0.120 e. The first-order valence-corrected chi connectivity index (χ1v) is 4.16. The van der Waals surface area contributed by atoms with Crippen molar-refractivity contribution in [2.24, 2.45) is 0 Å². The van der Waals surface area contributed by atoms with Gasteiger partial charge in [0.2, 0.25) is 0 Å². The van der Waals surface area contributed by atoms with E-state index in [1.165, 1.54) is 0 Å². The number of halogens is 1. The molecule has 0 aliphatic carbocycles. The summed E-state index contributed by atoms with van der Waals surface area (Å²) in [5.74, 6) is 0. The maximum absolute atomic E-state index is 3.95. The average molecular weight is 251 g/mol. The highest BCUT2D eigenvalue weighted by atomic mass is 127. The van der Waals surface area contributed by atoms with Gasteiger partial charge in [0.15, 0.2) is 0 Å². The Morgan fingerprint density at radius 2 is 2.10 bits per heavy atom. The van der Waals surface area contributed by atoms with E-state index in [9.17, 15) is 0 Å². The van der Waals surface area contributed by atoms with E-state index in [4.69, 9.17) is 0 Å². The van der Waals surface area contributed by atoms with Gasteiger partial charge in [0.25, 0.3) is 0 Å². The van der Waals surface area contributed by atoms with Crippen LogP contribution in [0.5, 0.6) is 0 Å². The molecule has 0 unspecified atom stereocenters. The summed E-state index contributed by atoms with van der Waals surface area (Å²) in [6, 6.07) is 0. The monoisotopic (exact) mass is 251 g/mol. The number of hydrogen-bond acceptors (Lipinski definition) is 2. The Morgan fingerprint density at radius 1 is 1.50 bits per heavy atom. The van der Waals surface area contributed by atoms with Crippen molar-refractivity contribution < 1.29 is 0 Å². The van der Waals surface area contributed by atoms with Crippen LogP contribution in [-0.2, 0) is 5.54 Å².